The molecule has 0 spiro atoms. The number of piperidine rings is 1. The average Bonchev–Trinajstić information content (AvgIpc) is 2.81. The van der Waals surface area contributed by atoms with Crippen LogP contribution in [0.1, 0.15) is 42.9 Å². The Morgan fingerprint density at radius 3 is 2.62 bits per heavy atom. The smallest absolute Gasteiger partial charge is 0.189 e. The van der Waals surface area contributed by atoms with Crippen LogP contribution in [0.15, 0.2) is 59.6 Å². The maximum Gasteiger partial charge on any atom is 0.189 e. The summed E-state index contributed by atoms with van der Waals surface area (Å²) in [4.78, 5) is 7.00. The van der Waals surface area contributed by atoms with Crippen molar-refractivity contribution < 1.29 is 9.47 Å². The monoisotopic (exact) mass is 550 g/mol. The fourth-order valence-electron chi connectivity index (χ4n) is 4.31. The number of ether oxygens (including phenoxy) is 2. The third-order valence-corrected chi connectivity index (χ3v) is 6.00. The molecule has 0 saturated carbocycles. The van der Waals surface area contributed by atoms with Gasteiger partial charge < -0.3 is 20.5 Å². The van der Waals surface area contributed by atoms with E-state index in [2.05, 4.69) is 51.6 Å². The lowest BCUT2D eigenvalue weighted by Crippen LogP contribution is -2.37. The molecular weight excluding hydrogens is 515 g/mol. The molecule has 0 radical (unpaired) electrons. The molecule has 32 heavy (non-hydrogen) atoms. The summed E-state index contributed by atoms with van der Waals surface area (Å²) < 4.78 is 11.8. The number of nitrogens with one attached hydrogen (secondary N) is 1. The molecule has 7 heteroatoms. The molecular formula is C25H35IN4O2. The lowest BCUT2D eigenvalue weighted by molar-refractivity contribution is 0.00566. The summed E-state index contributed by atoms with van der Waals surface area (Å²) in [6.45, 7) is 5.34. The van der Waals surface area contributed by atoms with E-state index in [0.29, 0.717) is 25.2 Å². The lowest BCUT2D eigenvalue weighted by atomic mass is 10.0. The summed E-state index contributed by atoms with van der Waals surface area (Å²) in [6, 6.07) is 18.9. The third kappa shape index (κ3) is 7.35. The molecule has 2 aromatic rings. The zero-order valence-electron chi connectivity index (χ0n) is 18.6. The molecule has 174 valence electrons. The number of nitrogens with two attached hydrogens (primary N) is 1. The first-order valence-electron chi connectivity index (χ1n) is 11.4. The molecule has 2 aliphatic rings. The quantitative estimate of drug-likeness (QED) is 0.224. The number of hydrogen-bond donors (Lipinski definition) is 2. The molecule has 0 aromatic heterocycles. The third-order valence-electron chi connectivity index (χ3n) is 6.00. The van der Waals surface area contributed by atoms with Crippen molar-refractivity contribution in [2.24, 2.45) is 10.7 Å². The highest BCUT2D eigenvalue weighted by Gasteiger charge is 2.21. The number of fused-ring (bicyclic) bond motifs is 1. The van der Waals surface area contributed by atoms with Gasteiger partial charge in [-0.15, -0.1) is 24.0 Å². The summed E-state index contributed by atoms with van der Waals surface area (Å²) in [6.07, 6.45) is 4.34. The Bertz CT molecular complexity index is 841. The predicted molar refractivity (Wildman–Crippen MR) is 140 cm³/mol. The number of halogens is 1. The van der Waals surface area contributed by atoms with Gasteiger partial charge in [0.15, 0.2) is 5.96 Å². The van der Waals surface area contributed by atoms with Gasteiger partial charge in [-0.3, -0.25) is 9.89 Å². The summed E-state index contributed by atoms with van der Waals surface area (Å²) in [5.41, 5.74) is 8.65. The molecule has 1 unspecified atom stereocenters. The number of likely N-dealkylation sites (tertiary alicyclic amines) is 1. The molecule has 2 aliphatic heterocycles. The van der Waals surface area contributed by atoms with Crippen LogP contribution in [-0.4, -0.2) is 49.8 Å². The second-order valence-electron chi connectivity index (χ2n) is 8.32. The van der Waals surface area contributed by atoms with Crippen LogP contribution in [0.25, 0.3) is 0 Å². The normalized spacial score (nSPS) is 19.5. The minimum Gasteiger partial charge on any atom is -0.493 e. The second kappa shape index (κ2) is 13.0. The Morgan fingerprint density at radius 2 is 1.81 bits per heavy atom. The van der Waals surface area contributed by atoms with Crippen LogP contribution in [0.5, 0.6) is 5.75 Å². The van der Waals surface area contributed by atoms with E-state index in [1.54, 1.807) is 0 Å². The van der Waals surface area contributed by atoms with Crippen LogP contribution < -0.4 is 15.8 Å². The minimum absolute atomic E-state index is 0. The average molecular weight is 550 g/mol. The van der Waals surface area contributed by atoms with Gasteiger partial charge in [-0.25, -0.2) is 0 Å². The highest BCUT2D eigenvalue weighted by atomic mass is 127. The van der Waals surface area contributed by atoms with Crippen molar-refractivity contribution >= 4 is 29.9 Å². The zero-order valence-corrected chi connectivity index (χ0v) is 20.9. The Labute approximate surface area is 208 Å². The molecule has 1 fully saturated rings. The van der Waals surface area contributed by atoms with Crippen LogP contribution in [0.4, 0.5) is 0 Å². The lowest BCUT2D eigenvalue weighted by Gasteiger charge is -2.31. The first-order valence-corrected chi connectivity index (χ1v) is 11.4. The van der Waals surface area contributed by atoms with Crippen LogP contribution >= 0.6 is 24.0 Å². The number of hydrogen-bond acceptors (Lipinski definition) is 4. The van der Waals surface area contributed by atoms with Gasteiger partial charge in [0.05, 0.1) is 18.8 Å². The van der Waals surface area contributed by atoms with Gasteiger partial charge in [-0.05, 0) is 30.9 Å². The SMILES string of the molecule is I.NC(=NCCCOC1CCN(Cc2ccccc2)CC1)NC1CCOc2ccccc21. The number of rotatable bonds is 8. The van der Waals surface area contributed by atoms with E-state index in [4.69, 9.17) is 15.2 Å². The van der Waals surface area contributed by atoms with E-state index >= 15 is 0 Å². The van der Waals surface area contributed by atoms with Gasteiger partial charge in [-0.1, -0.05) is 48.5 Å². The summed E-state index contributed by atoms with van der Waals surface area (Å²) in [7, 11) is 0. The van der Waals surface area contributed by atoms with Crippen molar-refractivity contribution in [2.45, 2.75) is 44.4 Å². The van der Waals surface area contributed by atoms with Crippen molar-refractivity contribution in [3.05, 3.63) is 65.7 Å². The van der Waals surface area contributed by atoms with E-state index in [1.165, 1.54) is 5.56 Å². The Balaban J connectivity index is 0.00000289. The highest BCUT2D eigenvalue weighted by Crippen LogP contribution is 2.31. The van der Waals surface area contributed by atoms with Gasteiger partial charge >= 0.3 is 0 Å². The molecule has 0 bridgehead atoms. The molecule has 4 rings (SSSR count). The van der Waals surface area contributed by atoms with Crippen LogP contribution in [-0.2, 0) is 11.3 Å². The number of guanidine groups is 1. The largest absolute Gasteiger partial charge is 0.493 e. The van der Waals surface area contributed by atoms with Crippen molar-refractivity contribution in [3.63, 3.8) is 0 Å². The Hall–Kier alpha value is -1.84. The number of aliphatic imine (C=N–C) groups is 1. The first-order chi connectivity index (χ1) is 15.3. The van der Waals surface area contributed by atoms with Crippen LogP contribution in [0, 0.1) is 0 Å². The Kier molecular flexibility index (Phi) is 10.1. The maximum absolute atomic E-state index is 6.12. The van der Waals surface area contributed by atoms with Crippen molar-refractivity contribution in [3.8, 4) is 5.75 Å². The minimum atomic E-state index is 0. The van der Waals surface area contributed by atoms with Gasteiger partial charge in [0.1, 0.15) is 5.75 Å². The van der Waals surface area contributed by atoms with Crippen LogP contribution in [0.3, 0.4) is 0 Å². The number of benzene rings is 2. The van der Waals surface area contributed by atoms with Crippen molar-refractivity contribution in [1.82, 2.24) is 10.2 Å². The second-order valence-corrected chi connectivity index (χ2v) is 8.32. The zero-order chi connectivity index (χ0) is 21.3. The number of nitrogens with zero attached hydrogens (tertiary/aromatic N) is 2. The van der Waals surface area contributed by atoms with E-state index < -0.39 is 0 Å². The summed E-state index contributed by atoms with van der Waals surface area (Å²) in [5, 5.41) is 3.34. The van der Waals surface area contributed by atoms with Gasteiger partial charge in [0.2, 0.25) is 0 Å². The van der Waals surface area contributed by atoms with Gasteiger partial charge in [-0.2, -0.15) is 0 Å². The van der Waals surface area contributed by atoms with E-state index in [1.807, 2.05) is 18.2 Å². The van der Waals surface area contributed by atoms with Gasteiger partial charge in [0, 0.05) is 44.8 Å². The number of para-hydroxylation sites is 1. The van der Waals surface area contributed by atoms with E-state index in [0.717, 1.165) is 63.2 Å². The molecule has 0 aliphatic carbocycles. The summed E-state index contributed by atoms with van der Waals surface area (Å²) in [5.74, 6) is 1.43. The standard InChI is InChI=1S/C25H34N4O2.HI/c26-25(28-23-13-18-31-24-10-5-4-9-22(23)24)27-14-6-17-30-21-11-15-29(16-12-21)19-20-7-2-1-3-8-20;/h1-5,7-10,21,23H,6,11-19H2,(H3,26,27,28);1H. The van der Waals surface area contributed by atoms with Crippen molar-refractivity contribution in [2.75, 3.05) is 32.8 Å². The predicted octanol–water partition coefficient (Wildman–Crippen LogP) is 4.10. The Morgan fingerprint density at radius 1 is 1.06 bits per heavy atom. The van der Waals surface area contributed by atoms with Crippen LogP contribution in [0.2, 0.25) is 0 Å². The van der Waals surface area contributed by atoms with E-state index in [-0.39, 0.29) is 30.0 Å². The molecule has 6 nitrogen and oxygen atoms in total. The molecule has 1 saturated heterocycles. The molecule has 1 atom stereocenters. The molecule has 3 N–H and O–H groups in total. The van der Waals surface area contributed by atoms with E-state index in [9.17, 15) is 0 Å². The topological polar surface area (TPSA) is 72.1 Å². The summed E-state index contributed by atoms with van der Waals surface area (Å²) >= 11 is 0. The van der Waals surface area contributed by atoms with Crippen molar-refractivity contribution in [1.29, 1.82) is 0 Å². The maximum atomic E-state index is 6.12. The van der Waals surface area contributed by atoms with Gasteiger partial charge in [0.25, 0.3) is 0 Å². The fourth-order valence-corrected chi connectivity index (χ4v) is 4.31. The highest BCUT2D eigenvalue weighted by molar-refractivity contribution is 14.0. The molecule has 2 heterocycles. The first kappa shape index (κ1) is 24.8. The fraction of sp³-hybridized carbons (Fsp3) is 0.480. The molecule has 0 amide bonds. The molecule has 2 aromatic carbocycles.